The zero-order chi connectivity index (χ0) is 12.1. The standard InChI is InChI=1S/C8H14F3NO3/c1-7(2,14)4-12-6(13)3-15-5-8(9,10)11/h14H,3-5H2,1-2H3,(H,12,13). The molecule has 0 atom stereocenters. The Morgan fingerprint density at radius 1 is 1.40 bits per heavy atom. The number of aliphatic hydroxyl groups is 1. The first-order valence-corrected chi connectivity index (χ1v) is 4.24. The zero-order valence-electron chi connectivity index (χ0n) is 8.52. The first-order valence-electron chi connectivity index (χ1n) is 4.24. The second-order valence-corrected chi connectivity index (χ2v) is 3.70. The highest BCUT2D eigenvalue weighted by Gasteiger charge is 2.27. The number of amides is 1. The zero-order valence-corrected chi connectivity index (χ0v) is 8.52. The second kappa shape index (κ2) is 5.32. The Morgan fingerprint density at radius 3 is 2.33 bits per heavy atom. The molecule has 0 aromatic carbocycles. The van der Waals surface area contributed by atoms with E-state index in [2.05, 4.69) is 10.1 Å². The highest BCUT2D eigenvalue weighted by Crippen LogP contribution is 2.13. The predicted octanol–water partition coefficient (Wildman–Crippen LogP) is 0.452. The number of ether oxygens (including phenoxy) is 1. The van der Waals surface area contributed by atoms with Crippen LogP contribution in [0.1, 0.15) is 13.8 Å². The topological polar surface area (TPSA) is 58.6 Å². The van der Waals surface area contributed by atoms with Gasteiger partial charge in [-0.15, -0.1) is 0 Å². The van der Waals surface area contributed by atoms with E-state index in [0.29, 0.717) is 0 Å². The van der Waals surface area contributed by atoms with Gasteiger partial charge >= 0.3 is 6.18 Å². The van der Waals surface area contributed by atoms with Gasteiger partial charge in [0.2, 0.25) is 5.91 Å². The molecule has 0 saturated carbocycles. The molecular weight excluding hydrogens is 215 g/mol. The summed E-state index contributed by atoms with van der Waals surface area (Å²) in [5.74, 6) is -0.693. The van der Waals surface area contributed by atoms with E-state index in [1.54, 1.807) is 0 Å². The van der Waals surface area contributed by atoms with Gasteiger partial charge in [-0.1, -0.05) is 0 Å². The molecule has 90 valence electrons. The van der Waals surface area contributed by atoms with E-state index in [9.17, 15) is 23.1 Å². The number of alkyl halides is 3. The van der Waals surface area contributed by atoms with Crippen molar-refractivity contribution >= 4 is 5.91 Å². The Hall–Kier alpha value is -0.820. The number of nitrogens with one attached hydrogen (secondary N) is 1. The minimum atomic E-state index is -4.43. The number of halogens is 3. The predicted molar refractivity (Wildman–Crippen MR) is 46.2 cm³/mol. The van der Waals surface area contributed by atoms with Crippen LogP contribution in [0.25, 0.3) is 0 Å². The maximum absolute atomic E-state index is 11.6. The van der Waals surface area contributed by atoms with E-state index in [1.165, 1.54) is 13.8 Å². The van der Waals surface area contributed by atoms with Crippen LogP contribution >= 0.6 is 0 Å². The monoisotopic (exact) mass is 229 g/mol. The highest BCUT2D eigenvalue weighted by atomic mass is 19.4. The summed E-state index contributed by atoms with van der Waals surface area (Å²) in [5.41, 5.74) is -1.10. The van der Waals surface area contributed by atoms with Crippen molar-refractivity contribution in [2.75, 3.05) is 19.8 Å². The van der Waals surface area contributed by atoms with Crippen molar-refractivity contribution in [3.05, 3.63) is 0 Å². The van der Waals surface area contributed by atoms with E-state index < -0.39 is 30.9 Å². The normalized spacial score (nSPS) is 12.7. The molecule has 0 rings (SSSR count). The van der Waals surface area contributed by atoms with Gasteiger partial charge in [-0.3, -0.25) is 4.79 Å². The molecule has 7 heteroatoms. The average Bonchev–Trinajstić information content (AvgIpc) is 1.97. The van der Waals surface area contributed by atoms with Gasteiger partial charge in [-0.25, -0.2) is 0 Å². The van der Waals surface area contributed by atoms with Gasteiger partial charge in [0.05, 0.1) is 5.60 Å². The van der Waals surface area contributed by atoms with Crippen molar-refractivity contribution in [1.82, 2.24) is 5.32 Å². The van der Waals surface area contributed by atoms with Gasteiger partial charge in [0.1, 0.15) is 13.2 Å². The van der Waals surface area contributed by atoms with Crippen LogP contribution in [0.3, 0.4) is 0 Å². The van der Waals surface area contributed by atoms with Crippen LogP contribution < -0.4 is 5.32 Å². The molecule has 0 aliphatic carbocycles. The van der Waals surface area contributed by atoms with Crippen molar-refractivity contribution < 1.29 is 27.8 Å². The van der Waals surface area contributed by atoms with Gasteiger partial charge < -0.3 is 15.2 Å². The summed E-state index contributed by atoms with van der Waals surface area (Å²) in [4.78, 5) is 10.9. The van der Waals surface area contributed by atoms with Crippen molar-refractivity contribution in [2.45, 2.75) is 25.6 Å². The summed E-state index contributed by atoms with van der Waals surface area (Å²) in [7, 11) is 0. The molecule has 4 nitrogen and oxygen atoms in total. The number of hydrogen-bond donors (Lipinski definition) is 2. The lowest BCUT2D eigenvalue weighted by atomic mass is 10.1. The molecule has 2 N–H and O–H groups in total. The van der Waals surface area contributed by atoms with Crippen molar-refractivity contribution in [3.63, 3.8) is 0 Å². The van der Waals surface area contributed by atoms with E-state index in [0.717, 1.165) is 0 Å². The smallest absolute Gasteiger partial charge is 0.389 e. The lowest BCUT2D eigenvalue weighted by molar-refractivity contribution is -0.175. The third-order valence-electron chi connectivity index (χ3n) is 1.22. The molecule has 0 heterocycles. The molecule has 0 aromatic heterocycles. The van der Waals surface area contributed by atoms with Crippen LogP contribution in [-0.2, 0) is 9.53 Å². The summed E-state index contributed by atoms with van der Waals surface area (Å²) in [6.07, 6.45) is -4.43. The van der Waals surface area contributed by atoms with E-state index in [-0.39, 0.29) is 6.54 Å². The lowest BCUT2D eigenvalue weighted by Crippen LogP contribution is -2.40. The Bertz CT molecular complexity index is 210. The van der Waals surface area contributed by atoms with Gasteiger partial charge in [-0.05, 0) is 13.8 Å². The van der Waals surface area contributed by atoms with Crippen LogP contribution in [0.5, 0.6) is 0 Å². The Kier molecular flexibility index (Phi) is 5.02. The molecule has 0 aromatic rings. The maximum atomic E-state index is 11.6. The Labute approximate surface area is 85.4 Å². The van der Waals surface area contributed by atoms with Crippen LogP contribution in [0.2, 0.25) is 0 Å². The molecule has 0 aliphatic rings. The molecule has 0 unspecified atom stereocenters. The lowest BCUT2D eigenvalue weighted by Gasteiger charge is -2.17. The molecule has 0 saturated heterocycles. The first-order chi connectivity index (χ1) is 6.60. The fourth-order valence-electron chi connectivity index (χ4n) is 0.625. The van der Waals surface area contributed by atoms with Gasteiger partial charge in [0, 0.05) is 6.54 Å². The maximum Gasteiger partial charge on any atom is 0.411 e. The van der Waals surface area contributed by atoms with Gasteiger partial charge in [0.25, 0.3) is 0 Å². The van der Waals surface area contributed by atoms with Crippen molar-refractivity contribution in [2.24, 2.45) is 0 Å². The average molecular weight is 229 g/mol. The largest absolute Gasteiger partial charge is 0.411 e. The molecule has 0 radical (unpaired) electrons. The molecule has 0 aliphatic heterocycles. The summed E-state index contributed by atoms with van der Waals surface area (Å²) in [6, 6.07) is 0. The van der Waals surface area contributed by atoms with Gasteiger partial charge in [0.15, 0.2) is 0 Å². The second-order valence-electron chi connectivity index (χ2n) is 3.70. The summed E-state index contributed by atoms with van der Waals surface area (Å²) in [6.45, 7) is 0.757. The van der Waals surface area contributed by atoms with Crippen LogP contribution in [0, 0.1) is 0 Å². The molecular formula is C8H14F3NO3. The molecule has 0 spiro atoms. The quantitative estimate of drug-likeness (QED) is 0.719. The highest BCUT2D eigenvalue weighted by molar-refractivity contribution is 5.77. The minimum Gasteiger partial charge on any atom is -0.389 e. The Morgan fingerprint density at radius 2 is 1.93 bits per heavy atom. The number of carbonyl (C=O) groups excluding carboxylic acids is 1. The minimum absolute atomic E-state index is 0.0405. The van der Waals surface area contributed by atoms with E-state index in [1.807, 2.05) is 0 Å². The summed E-state index contributed by atoms with van der Waals surface area (Å²) >= 11 is 0. The first kappa shape index (κ1) is 14.2. The fourth-order valence-corrected chi connectivity index (χ4v) is 0.625. The molecule has 1 amide bonds. The number of hydrogen-bond acceptors (Lipinski definition) is 3. The van der Waals surface area contributed by atoms with Crippen LogP contribution in [0.15, 0.2) is 0 Å². The number of carbonyl (C=O) groups is 1. The molecule has 0 fully saturated rings. The van der Waals surface area contributed by atoms with Crippen LogP contribution in [-0.4, -0.2) is 42.5 Å². The third-order valence-corrected chi connectivity index (χ3v) is 1.22. The van der Waals surface area contributed by atoms with E-state index in [4.69, 9.17) is 0 Å². The summed E-state index contributed by atoms with van der Waals surface area (Å²) in [5, 5.41) is 11.4. The number of rotatable bonds is 5. The summed E-state index contributed by atoms with van der Waals surface area (Å²) < 4.78 is 38.9. The van der Waals surface area contributed by atoms with E-state index >= 15 is 0 Å². The van der Waals surface area contributed by atoms with Gasteiger partial charge in [-0.2, -0.15) is 13.2 Å². The fraction of sp³-hybridized carbons (Fsp3) is 0.875. The van der Waals surface area contributed by atoms with Crippen molar-refractivity contribution in [1.29, 1.82) is 0 Å². The Balaban J connectivity index is 3.60. The molecule has 15 heavy (non-hydrogen) atoms. The van der Waals surface area contributed by atoms with Crippen LogP contribution in [0.4, 0.5) is 13.2 Å². The third kappa shape index (κ3) is 11.1. The molecule has 0 bridgehead atoms. The van der Waals surface area contributed by atoms with Crippen molar-refractivity contribution in [3.8, 4) is 0 Å². The SMILES string of the molecule is CC(C)(O)CNC(=O)COCC(F)(F)F.